The minimum Gasteiger partial charge on any atom is -0.455 e. The highest BCUT2D eigenvalue weighted by atomic mass is 32.2. The Labute approximate surface area is 227 Å². The summed E-state index contributed by atoms with van der Waals surface area (Å²) >= 11 is 1.49. The fraction of sp³-hybridized carbons (Fsp3) is 0.444. The van der Waals surface area contributed by atoms with Crippen molar-refractivity contribution >= 4 is 23.5 Å². The molecule has 5 rings (SSSR count). The minimum absolute atomic E-state index is 0.254. The Bertz CT molecular complexity index is 1180. The van der Waals surface area contributed by atoms with Gasteiger partial charge in [-0.3, -0.25) is 15.1 Å². The number of carbonyl (C=O) groups is 1. The van der Waals surface area contributed by atoms with Gasteiger partial charge >= 0.3 is 5.91 Å². The van der Waals surface area contributed by atoms with E-state index < -0.39 is 0 Å². The van der Waals surface area contributed by atoms with Crippen molar-refractivity contribution in [3.05, 3.63) is 71.3 Å². The molecule has 2 aromatic heterocycles. The zero-order valence-corrected chi connectivity index (χ0v) is 22.5. The molecule has 1 N–H and O–H groups in total. The number of rotatable bonds is 10. The average Bonchev–Trinajstić information content (AvgIpc) is 3.43. The summed E-state index contributed by atoms with van der Waals surface area (Å²) in [6.45, 7) is 7.67. The molecule has 0 atom stereocenters. The van der Waals surface area contributed by atoms with E-state index in [1.165, 1.54) is 17.3 Å². The van der Waals surface area contributed by atoms with E-state index in [2.05, 4.69) is 50.5 Å². The van der Waals surface area contributed by atoms with Crippen molar-refractivity contribution in [3.63, 3.8) is 0 Å². The minimum atomic E-state index is -0.254. The molecule has 11 heteroatoms. The van der Waals surface area contributed by atoms with E-state index in [0.29, 0.717) is 49.6 Å². The number of aromatic nitrogens is 2. The molecule has 10 nitrogen and oxygen atoms in total. The summed E-state index contributed by atoms with van der Waals surface area (Å²) in [7, 11) is 1.67. The summed E-state index contributed by atoms with van der Waals surface area (Å²) in [5.41, 5.74) is 5.05. The highest BCUT2D eigenvalue weighted by Crippen LogP contribution is 2.25. The van der Waals surface area contributed by atoms with Gasteiger partial charge in [0.25, 0.3) is 0 Å². The predicted molar refractivity (Wildman–Crippen MR) is 145 cm³/mol. The fourth-order valence-corrected chi connectivity index (χ4v) is 5.24. The SMILES string of the molecule is COCc1cc(N2CCN(Cc3ccccc3)CC2)nc(SCc2ccc(C(=O)NN3CCOCC3)o2)n1. The highest BCUT2D eigenvalue weighted by molar-refractivity contribution is 7.98. The zero-order chi connectivity index (χ0) is 26.2. The molecule has 0 bridgehead atoms. The van der Waals surface area contributed by atoms with Gasteiger partial charge in [0, 0.05) is 59.0 Å². The maximum absolute atomic E-state index is 12.5. The Kier molecular flexibility index (Phi) is 9.26. The van der Waals surface area contributed by atoms with Crippen LogP contribution in [0.15, 0.2) is 58.1 Å². The van der Waals surface area contributed by atoms with Crippen molar-refractivity contribution in [1.82, 2.24) is 25.3 Å². The van der Waals surface area contributed by atoms with Gasteiger partial charge in [-0.05, 0) is 17.7 Å². The highest BCUT2D eigenvalue weighted by Gasteiger charge is 2.21. The number of ether oxygens (including phenoxy) is 2. The Morgan fingerprint density at radius 2 is 1.82 bits per heavy atom. The van der Waals surface area contributed by atoms with Crippen LogP contribution < -0.4 is 10.3 Å². The van der Waals surface area contributed by atoms with Crippen LogP contribution in [0.2, 0.25) is 0 Å². The molecule has 0 unspecified atom stereocenters. The summed E-state index contributed by atoms with van der Waals surface area (Å²) in [5.74, 6) is 2.16. The molecule has 0 spiro atoms. The molecule has 2 aliphatic heterocycles. The van der Waals surface area contributed by atoms with Crippen LogP contribution in [0.1, 0.15) is 27.6 Å². The first-order valence-electron chi connectivity index (χ1n) is 12.9. The zero-order valence-electron chi connectivity index (χ0n) is 21.7. The van der Waals surface area contributed by atoms with Gasteiger partial charge in [0.1, 0.15) is 11.6 Å². The van der Waals surface area contributed by atoms with Gasteiger partial charge in [0.2, 0.25) is 0 Å². The third-order valence-corrected chi connectivity index (χ3v) is 7.35. The first-order chi connectivity index (χ1) is 18.7. The van der Waals surface area contributed by atoms with Crippen molar-refractivity contribution in [2.45, 2.75) is 24.1 Å². The second-order valence-corrected chi connectivity index (χ2v) is 10.2. The molecule has 0 saturated carbocycles. The van der Waals surface area contributed by atoms with Crippen molar-refractivity contribution in [3.8, 4) is 0 Å². The average molecular weight is 539 g/mol. The molecule has 1 aromatic carbocycles. The van der Waals surface area contributed by atoms with E-state index in [4.69, 9.17) is 18.9 Å². The maximum atomic E-state index is 12.5. The largest absolute Gasteiger partial charge is 0.455 e. The number of anilines is 1. The van der Waals surface area contributed by atoms with Crippen LogP contribution in [0.25, 0.3) is 0 Å². The van der Waals surface area contributed by atoms with E-state index in [1.54, 1.807) is 13.2 Å². The number of hydrogen-bond acceptors (Lipinski definition) is 10. The number of thioether (sulfide) groups is 1. The van der Waals surface area contributed by atoms with Crippen molar-refractivity contribution in [2.75, 3.05) is 64.5 Å². The Morgan fingerprint density at radius 3 is 2.58 bits per heavy atom. The van der Waals surface area contributed by atoms with Crippen LogP contribution in [0.3, 0.4) is 0 Å². The van der Waals surface area contributed by atoms with Gasteiger partial charge in [0.05, 0.1) is 31.3 Å². The van der Waals surface area contributed by atoms with Gasteiger partial charge < -0.3 is 18.8 Å². The molecule has 2 fully saturated rings. The first kappa shape index (κ1) is 26.6. The van der Waals surface area contributed by atoms with E-state index in [1.807, 2.05) is 17.1 Å². The summed E-state index contributed by atoms with van der Waals surface area (Å²) in [6, 6.07) is 16.1. The van der Waals surface area contributed by atoms with Crippen LogP contribution in [-0.2, 0) is 28.4 Å². The lowest BCUT2D eigenvalue weighted by atomic mass is 10.2. The summed E-state index contributed by atoms with van der Waals surface area (Å²) in [5, 5.41) is 2.51. The van der Waals surface area contributed by atoms with Gasteiger partial charge in [0.15, 0.2) is 10.9 Å². The van der Waals surface area contributed by atoms with E-state index in [9.17, 15) is 4.79 Å². The van der Waals surface area contributed by atoms with Crippen LogP contribution >= 0.6 is 11.8 Å². The molecule has 2 aliphatic rings. The maximum Gasteiger partial charge on any atom is 0.301 e. The van der Waals surface area contributed by atoms with E-state index in [-0.39, 0.29) is 11.7 Å². The van der Waals surface area contributed by atoms with Crippen LogP contribution in [0, 0.1) is 0 Å². The number of methoxy groups -OCH3 is 1. The number of benzene rings is 1. The number of nitrogens with zero attached hydrogens (tertiary/aromatic N) is 5. The van der Waals surface area contributed by atoms with E-state index >= 15 is 0 Å². The van der Waals surface area contributed by atoms with Gasteiger partial charge in [-0.25, -0.2) is 15.0 Å². The van der Waals surface area contributed by atoms with E-state index in [0.717, 1.165) is 44.2 Å². The molecule has 0 aliphatic carbocycles. The summed E-state index contributed by atoms with van der Waals surface area (Å²) in [4.78, 5) is 26.8. The molecule has 38 heavy (non-hydrogen) atoms. The Balaban J connectivity index is 1.18. The molecular weight excluding hydrogens is 504 g/mol. The number of furan rings is 1. The molecular formula is C27H34N6O4S. The molecule has 1 amide bonds. The van der Waals surface area contributed by atoms with Crippen molar-refractivity contribution < 1.29 is 18.7 Å². The first-order valence-corrected chi connectivity index (χ1v) is 13.9. The topological polar surface area (TPSA) is 96.2 Å². The lowest BCUT2D eigenvalue weighted by molar-refractivity contribution is 0.0117. The normalized spacial score (nSPS) is 17.0. The van der Waals surface area contributed by atoms with Gasteiger partial charge in [-0.1, -0.05) is 42.1 Å². The monoisotopic (exact) mass is 538 g/mol. The number of nitrogens with one attached hydrogen (secondary N) is 1. The third-order valence-electron chi connectivity index (χ3n) is 6.48. The lowest BCUT2D eigenvalue weighted by Gasteiger charge is -2.35. The third kappa shape index (κ3) is 7.33. The van der Waals surface area contributed by atoms with Crippen LogP contribution in [0.4, 0.5) is 5.82 Å². The molecule has 2 saturated heterocycles. The number of morpholine rings is 1. The fourth-order valence-electron chi connectivity index (χ4n) is 4.47. The Hall–Kier alpha value is -2.96. The summed E-state index contributed by atoms with van der Waals surface area (Å²) in [6.07, 6.45) is 0. The number of hydrogen-bond donors (Lipinski definition) is 1. The number of hydrazine groups is 1. The Morgan fingerprint density at radius 1 is 1.03 bits per heavy atom. The molecule has 0 radical (unpaired) electrons. The van der Waals surface area contributed by atoms with Crippen LogP contribution in [-0.4, -0.2) is 85.4 Å². The molecule has 3 aromatic rings. The van der Waals surface area contributed by atoms with Gasteiger partial charge in [-0.2, -0.15) is 0 Å². The lowest BCUT2D eigenvalue weighted by Crippen LogP contribution is -2.48. The second kappa shape index (κ2) is 13.2. The van der Waals surface area contributed by atoms with Crippen molar-refractivity contribution in [1.29, 1.82) is 0 Å². The summed E-state index contributed by atoms with van der Waals surface area (Å²) < 4.78 is 16.5. The molecule has 202 valence electrons. The standard InChI is InChI=1S/C27H34N6O4S/c1-35-19-22-17-25(32-11-9-31(10-12-32)18-21-5-3-2-4-6-21)29-27(28-22)38-20-23-7-8-24(37-23)26(34)30-33-13-15-36-16-14-33/h2-8,17H,9-16,18-20H2,1H3,(H,30,34). The molecule has 4 heterocycles. The predicted octanol–water partition coefficient (Wildman–Crippen LogP) is 2.81. The number of carbonyl (C=O) groups excluding carboxylic acids is 1. The van der Waals surface area contributed by atoms with Crippen molar-refractivity contribution in [2.24, 2.45) is 0 Å². The number of piperazine rings is 1. The smallest absolute Gasteiger partial charge is 0.301 e. The van der Waals surface area contributed by atoms with Gasteiger partial charge in [-0.15, -0.1) is 0 Å². The van der Waals surface area contributed by atoms with Crippen LogP contribution in [0.5, 0.6) is 0 Å². The quantitative estimate of drug-likeness (QED) is 0.307. The second-order valence-electron chi connectivity index (χ2n) is 9.28. The number of amides is 1.